The molecule has 0 aromatic heterocycles. The molecule has 2 nitrogen and oxygen atoms in total. The molecule has 0 aliphatic heterocycles. The maximum Gasteiger partial charge on any atom is 0.305 e. The number of rotatable bonds is 1. The van der Waals surface area contributed by atoms with Crippen molar-refractivity contribution in [3.63, 3.8) is 0 Å². The van der Waals surface area contributed by atoms with Crippen LogP contribution < -0.4 is 0 Å². The van der Waals surface area contributed by atoms with Crippen molar-refractivity contribution in [1.82, 2.24) is 0 Å². The minimum absolute atomic E-state index is 0.231. The molecule has 0 saturated carbocycles. The Morgan fingerprint density at radius 3 is 1.71 bits per heavy atom. The molecule has 0 fully saturated rings. The highest BCUT2D eigenvalue weighted by Gasteiger charge is 1.99. The van der Waals surface area contributed by atoms with Gasteiger partial charge in [0.1, 0.15) is 0 Å². The van der Waals surface area contributed by atoms with E-state index >= 15 is 0 Å². The van der Waals surface area contributed by atoms with E-state index in [1.165, 1.54) is 11.1 Å². The van der Waals surface area contributed by atoms with E-state index in [0.29, 0.717) is 0 Å². The topological polar surface area (TPSA) is 37.3 Å². The summed E-state index contributed by atoms with van der Waals surface area (Å²) in [6.45, 7) is 7.49. The number of aliphatic carboxylic acids is 1. The minimum atomic E-state index is -0.741. The monoisotopic (exact) mass is 194 g/mol. The van der Waals surface area contributed by atoms with Crippen LogP contribution in [0.1, 0.15) is 25.0 Å². The maximum atomic E-state index is 9.70. The van der Waals surface area contributed by atoms with Crippen molar-refractivity contribution in [2.24, 2.45) is 5.92 Å². The molecule has 0 heterocycles. The summed E-state index contributed by atoms with van der Waals surface area (Å²) < 4.78 is 0. The van der Waals surface area contributed by atoms with Crippen LogP contribution in [-0.2, 0) is 4.79 Å². The van der Waals surface area contributed by atoms with E-state index in [9.17, 15) is 4.79 Å². The zero-order valence-corrected chi connectivity index (χ0v) is 9.24. The number of hydrogen-bond donors (Lipinski definition) is 1. The van der Waals surface area contributed by atoms with Gasteiger partial charge in [-0.3, -0.25) is 4.79 Å². The summed E-state index contributed by atoms with van der Waals surface area (Å²) >= 11 is 0. The van der Waals surface area contributed by atoms with Gasteiger partial charge in [0.05, 0.1) is 5.92 Å². The summed E-state index contributed by atoms with van der Waals surface area (Å²) in [4.78, 5) is 9.70. The first-order valence-corrected chi connectivity index (χ1v) is 4.69. The molecule has 1 aromatic rings. The van der Waals surface area contributed by atoms with Crippen molar-refractivity contribution in [1.29, 1.82) is 0 Å². The fourth-order valence-electron chi connectivity index (χ4n) is 0.807. The third-order valence-electron chi connectivity index (χ3n) is 1.67. The minimum Gasteiger partial charge on any atom is -0.481 e. The quantitative estimate of drug-likeness (QED) is 0.746. The van der Waals surface area contributed by atoms with Gasteiger partial charge in [-0.1, -0.05) is 49.2 Å². The Bertz CT molecular complexity index is 273. The molecule has 0 aliphatic carbocycles. The Morgan fingerprint density at radius 1 is 1.21 bits per heavy atom. The van der Waals surface area contributed by atoms with Crippen LogP contribution in [0.5, 0.6) is 0 Å². The SMILES string of the molecule is CC(C)C(=O)O.Cc1cccc(C)c1. The molecule has 1 aromatic carbocycles. The van der Waals surface area contributed by atoms with Crippen LogP contribution in [0.15, 0.2) is 24.3 Å². The van der Waals surface area contributed by atoms with E-state index in [1.807, 2.05) is 0 Å². The standard InChI is InChI=1S/C8H10.C4H8O2/c1-7-4-3-5-8(2)6-7;1-3(2)4(5)6/h3-6H,1-2H3;3H,1-2H3,(H,5,6). The van der Waals surface area contributed by atoms with E-state index < -0.39 is 5.97 Å². The molecule has 0 radical (unpaired) electrons. The first kappa shape index (κ1) is 12.7. The molecule has 0 spiro atoms. The molecule has 1 rings (SSSR count). The fourth-order valence-corrected chi connectivity index (χ4v) is 0.807. The average Bonchev–Trinajstić information content (AvgIpc) is 2.04. The van der Waals surface area contributed by atoms with Crippen LogP contribution in [0.3, 0.4) is 0 Å². The van der Waals surface area contributed by atoms with E-state index in [-0.39, 0.29) is 5.92 Å². The third kappa shape index (κ3) is 6.23. The van der Waals surface area contributed by atoms with Crippen molar-refractivity contribution in [2.75, 3.05) is 0 Å². The number of carboxylic acid groups (broad SMARTS) is 1. The summed E-state index contributed by atoms with van der Waals surface area (Å²) in [7, 11) is 0. The molecule has 0 saturated heterocycles. The van der Waals surface area contributed by atoms with Crippen LogP contribution in [0.2, 0.25) is 0 Å². The summed E-state index contributed by atoms with van der Waals surface area (Å²) in [5, 5.41) is 7.99. The number of carbonyl (C=O) groups is 1. The van der Waals surface area contributed by atoms with Gasteiger partial charge in [0, 0.05) is 0 Å². The van der Waals surface area contributed by atoms with Crippen molar-refractivity contribution < 1.29 is 9.90 Å². The predicted molar refractivity (Wildman–Crippen MR) is 58.4 cm³/mol. The van der Waals surface area contributed by atoms with E-state index in [2.05, 4.69) is 38.1 Å². The molecule has 1 N–H and O–H groups in total. The van der Waals surface area contributed by atoms with Crippen LogP contribution in [0.4, 0.5) is 0 Å². The average molecular weight is 194 g/mol. The van der Waals surface area contributed by atoms with Crippen molar-refractivity contribution in [3.8, 4) is 0 Å². The Morgan fingerprint density at radius 2 is 1.57 bits per heavy atom. The van der Waals surface area contributed by atoms with Gasteiger partial charge in [0.15, 0.2) is 0 Å². The van der Waals surface area contributed by atoms with Gasteiger partial charge in [-0.15, -0.1) is 0 Å². The largest absolute Gasteiger partial charge is 0.481 e. The second-order valence-corrected chi connectivity index (χ2v) is 3.65. The lowest BCUT2D eigenvalue weighted by molar-refractivity contribution is -0.140. The van der Waals surface area contributed by atoms with Gasteiger partial charge in [-0.2, -0.15) is 0 Å². The molecule has 0 unspecified atom stereocenters. The van der Waals surface area contributed by atoms with Crippen molar-refractivity contribution in [2.45, 2.75) is 27.7 Å². The van der Waals surface area contributed by atoms with E-state index in [1.54, 1.807) is 13.8 Å². The Labute approximate surface area is 85.6 Å². The second kappa shape index (κ2) is 6.19. The third-order valence-corrected chi connectivity index (χ3v) is 1.67. The fraction of sp³-hybridized carbons (Fsp3) is 0.417. The first-order valence-electron chi connectivity index (χ1n) is 4.69. The number of aryl methyl sites for hydroxylation is 2. The summed E-state index contributed by atoms with van der Waals surface area (Å²) in [6.07, 6.45) is 0. The highest BCUT2D eigenvalue weighted by atomic mass is 16.4. The lowest BCUT2D eigenvalue weighted by Crippen LogP contribution is -2.03. The lowest BCUT2D eigenvalue weighted by Gasteiger charge is -1.90. The van der Waals surface area contributed by atoms with E-state index in [4.69, 9.17) is 5.11 Å². The summed E-state index contributed by atoms with van der Waals surface area (Å²) in [5.74, 6) is -0.972. The molecule has 0 atom stereocenters. The summed E-state index contributed by atoms with van der Waals surface area (Å²) in [5.41, 5.74) is 2.68. The maximum absolute atomic E-state index is 9.70. The summed E-state index contributed by atoms with van der Waals surface area (Å²) in [6, 6.07) is 8.45. The second-order valence-electron chi connectivity index (χ2n) is 3.65. The molecule has 0 bridgehead atoms. The van der Waals surface area contributed by atoms with Gasteiger partial charge in [-0.05, 0) is 13.8 Å². The Kier molecular flexibility index (Phi) is 5.61. The molecular weight excluding hydrogens is 176 g/mol. The zero-order valence-electron chi connectivity index (χ0n) is 9.24. The molecule has 0 aliphatic rings. The molecular formula is C12H18O2. The molecule has 14 heavy (non-hydrogen) atoms. The van der Waals surface area contributed by atoms with Gasteiger partial charge < -0.3 is 5.11 Å². The Hall–Kier alpha value is -1.31. The predicted octanol–water partition coefficient (Wildman–Crippen LogP) is 3.03. The van der Waals surface area contributed by atoms with Crippen LogP contribution in [0, 0.1) is 19.8 Å². The molecule has 2 heteroatoms. The van der Waals surface area contributed by atoms with Crippen LogP contribution >= 0.6 is 0 Å². The molecule has 78 valence electrons. The van der Waals surface area contributed by atoms with Crippen LogP contribution in [0.25, 0.3) is 0 Å². The Balaban J connectivity index is 0.000000255. The number of benzene rings is 1. The molecule has 0 amide bonds. The number of hydrogen-bond acceptors (Lipinski definition) is 1. The normalized spacial score (nSPS) is 9.21. The lowest BCUT2D eigenvalue weighted by atomic mass is 10.2. The van der Waals surface area contributed by atoms with Crippen molar-refractivity contribution >= 4 is 5.97 Å². The first-order chi connectivity index (χ1) is 6.43. The number of carboxylic acids is 1. The zero-order chi connectivity index (χ0) is 11.1. The smallest absolute Gasteiger partial charge is 0.305 e. The highest BCUT2D eigenvalue weighted by Crippen LogP contribution is 2.00. The van der Waals surface area contributed by atoms with Gasteiger partial charge in [0.25, 0.3) is 0 Å². The van der Waals surface area contributed by atoms with Crippen molar-refractivity contribution in [3.05, 3.63) is 35.4 Å². The van der Waals surface area contributed by atoms with Gasteiger partial charge in [-0.25, -0.2) is 0 Å². The highest BCUT2D eigenvalue weighted by molar-refractivity contribution is 5.68. The van der Waals surface area contributed by atoms with Gasteiger partial charge >= 0.3 is 5.97 Å². The van der Waals surface area contributed by atoms with E-state index in [0.717, 1.165) is 0 Å². The van der Waals surface area contributed by atoms with Crippen LogP contribution in [-0.4, -0.2) is 11.1 Å². The van der Waals surface area contributed by atoms with Gasteiger partial charge in [0.2, 0.25) is 0 Å².